The second-order valence-corrected chi connectivity index (χ2v) is 4.14. The van der Waals surface area contributed by atoms with Crippen molar-refractivity contribution in [3.8, 4) is 0 Å². The monoisotopic (exact) mass is 243 g/mol. The van der Waals surface area contributed by atoms with Gasteiger partial charge in [-0.25, -0.2) is 0 Å². The first kappa shape index (κ1) is 13.5. The van der Waals surface area contributed by atoms with Crippen molar-refractivity contribution < 1.29 is 10.2 Å². The lowest BCUT2D eigenvalue weighted by molar-refractivity contribution is 0.174. The van der Waals surface area contributed by atoms with Gasteiger partial charge in [-0.05, 0) is 37.1 Å². The number of halogens is 1. The molecule has 0 aliphatic carbocycles. The summed E-state index contributed by atoms with van der Waals surface area (Å²) in [6, 6.07) is 7.18. The zero-order valence-corrected chi connectivity index (χ0v) is 9.95. The number of aliphatic hydroxyl groups is 2. The van der Waals surface area contributed by atoms with Crippen LogP contribution in [0, 0.1) is 0 Å². The first-order valence-electron chi connectivity index (χ1n) is 5.49. The Bertz CT molecular complexity index is 290. The molecule has 0 saturated carbocycles. The minimum absolute atomic E-state index is 0.224. The second-order valence-electron chi connectivity index (χ2n) is 3.70. The summed E-state index contributed by atoms with van der Waals surface area (Å²) in [6.45, 7) is 1.56. The van der Waals surface area contributed by atoms with E-state index in [1.807, 2.05) is 12.1 Å². The highest BCUT2D eigenvalue weighted by Gasteiger charge is 2.05. The highest BCUT2D eigenvalue weighted by molar-refractivity contribution is 6.30. The average molecular weight is 244 g/mol. The van der Waals surface area contributed by atoms with Crippen LogP contribution in [0.3, 0.4) is 0 Å². The van der Waals surface area contributed by atoms with Crippen LogP contribution in [-0.4, -0.2) is 29.9 Å². The van der Waals surface area contributed by atoms with E-state index in [2.05, 4.69) is 5.32 Å². The van der Waals surface area contributed by atoms with Gasteiger partial charge >= 0.3 is 0 Å². The van der Waals surface area contributed by atoms with Crippen molar-refractivity contribution in [2.45, 2.75) is 18.9 Å². The van der Waals surface area contributed by atoms with E-state index in [0.29, 0.717) is 11.6 Å². The van der Waals surface area contributed by atoms with Crippen molar-refractivity contribution in [2.24, 2.45) is 0 Å². The third-order valence-corrected chi connectivity index (χ3v) is 2.61. The molecule has 0 aliphatic rings. The van der Waals surface area contributed by atoms with E-state index < -0.39 is 6.10 Å². The quantitative estimate of drug-likeness (QED) is 0.640. The lowest BCUT2D eigenvalue weighted by Crippen LogP contribution is -2.22. The van der Waals surface area contributed by atoms with Crippen molar-refractivity contribution in [2.75, 3.05) is 19.7 Å². The Kier molecular flexibility index (Phi) is 6.42. The molecule has 0 fully saturated rings. The summed E-state index contributed by atoms with van der Waals surface area (Å²) >= 11 is 5.76. The molecule has 0 aliphatic heterocycles. The number of unbranched alkanes of at least 4 members (excludes halogenated alkanes) is 1. The lowest BCUT2D eigenvalue weighted by atomic mass is 10.1. The summed E-state index contributed by atoms with van der Waals surface area (Å²) in [5.41, 5.74) is 0.860. The van der Waals surface area contributed by atoms with Crippen molar-refractivity contribution in [3.05, 3.63) is 34.9 Å². The minimum Gasteiger partial charge on any atom is -0.396 e. The maximum absolute atomic E-state index is 9.81. The Morgan fingerprint density at radius 1 is 1.19 bits per heavy atom. The molecule has 0 bridgehead atoms. The normalized spacial score (nSPS) is 12.7. The van der Waals surface area contributed by atoms with Gasteiger partial charge < -0.3 is 15.5 Å². The maximum atomic E-state index is 9.81. The first-order chi connectivity index (χ1) is 7.74. The van der Waals surface area contributed by atoms with E-state index in [1.165, 1.54) is 0 Å². The topological polar surface area (TPSA) is 52.5 Å². The van der Waals surface area contributed by atoms with Crippen molar-refractivity contribution in [3.63, 3.8) is 0 Å². The summed E-state index contributed by atoms with van der Waals surface area (Å²) in [5.74, 6) is 0. The third-order valence-electron chi connectivity index (χ3n) is 2.35. The number of hydrogen-bond acceptors (Lipinski definition) is 3. The molecule has 1 atom stereocenters. The SMILES string of the molecule is OCCCCNCC(O)c1ccc(Cl)cc1. The van der Waals surface area contributed by atoms with Gasteiger partial charge in [0, 0.05) is 18.2 Å². The molecule has 3 N–H and O–H groups in total. The molecule has 16 heavy (non-hydrogen) atoms. The van der Waals surface area contributed by atoms with Crippen LogP contribution in [0.5, 0.6) is 0 Å². The molecule has 90 valence electrons. The molecule has 4 heteroatoms. The fraction of sp³-hybridized carbons (Fsp3) is 0.500. The molecular weight excluding hydrogens is 226 g/mol. The largest absolute Gasteiger partial charge is 0.396 e. The lowest BCUT2D eigenvalue weighted by Gasteiger charge is -2.12. The van der Waals surface area contributed by atoms with Crippen LogP contribution in [-0.2, 0) is 0 Å². The first-order valence-corrected chi connectivity index (χ1v) is 5.87. The van der Waals surface area contributed by atoms with Crippen LogP contribution in [0.15, 0.2) is 24.3 Å². The standard InChI is InChI=1S/C12H18ClNO2/c13-11-5-3-10(4-6-11)12(16)9-14-7-1-2-8-15/h3-6,12,14-16H,1-2,7-9H2. The summed E-state index contributed by atoms with van der Waals surface area (Å²) in [5, 5.41) is 22.2. The minimum atomic E-state index is -0.508. The fourth-order valence-corrected chi connectivity index (χ4v) is 1.53. The average Bonchev–Trinajstić information content (AvgIpc) is 2.29. The summed E-state index contributed by atoms with van der Waals surface area (Å²) in [4.78, 5) is 0. The molecule has 0 spiro atoms. The number of nitrogens with one attached hydrogen (secondary N) is 1. The number of aliphatic hydroxyl groups excluding tert-OH is 2. The van der Waals surface area contributed by atoms with E-state index in [9.17, 15) is 5.11 Å². The number of rotatable bonds is 7. The van der Waals surface area contributed by atoms with Crippen LogP contribution in [0.25, 0.3) is 0 Å². The van der Waals surface area contributed by atoms with Gasteiger partial charge in [0.05, 0.1) is 6.10 Å². The van der Waals surface area contributed by atoms with Gasteiger partial charge in [0.15, 0.2) is 0 Å². The van der Waals surface area contributed by atoms with Gasteiger partial charge in [-0.2, -0.15) is 0 Å². The molecular formula is C12H18ClNO2. The Labute approximate surface area is 101 Å². The molecule has 0 saturated heterocycles. The van der Waals surface area contributed by atoms with Gasteiger partial charge in [0.1, 0.15) is 0 Å². The van der Waals surface area contributed by atoms with Gasteiger partial charge in [0.2, 0.25) is 0 Å². The van der Waals surface area contributed by atoms with Gasteiger partial charge in [0.25, 0.3) is 0 Å². The second kappa shape index (κ2) is 7.63. The zero-order chi connectivity index (χ0) is 11.8. The molecule has 1 aromatic carbocycles. The van der Waals surface area contributed by atoms with Gasteiger partial charge in [-0.3, -0.25) is 0 Å². The fourth-order valence-electron chi connectivity index (χ4n) is 1.40. The Morgan fingerprint density at radius 2 is 1.88 bits per heavy atom. The molecule has 0 radical (unpaired) electrons. The number of hydrogen-bond donors (Lipinski definition) is 3. The van der Waals surface area contributed by atoms with Crippen LogP contribution in [0.4, 0.5) is 0 Å². The van der Waals surface area contributed by atoms with E-state index in [1.54, 1.807) is 12.1 Å². The van der Waals surface area contributed by atoms with Gasteiger partial charge in [-0.1, -0.05) is 23.7 Å². The molecule has 0 heterocycles. The molecule has 1 unspecified atom stereocenters. The van der Waals surface area contributed by atoms with E-state index in [4.69, 9.17) is 16.7 Å². The molecule has 1 aromatic rings. The van der Waals surface area contributed by atoms with Crippen molar-refractivity contribution in [1.29, 1.82) is 0 Å². The van der Waals surface area contributed by atoms with E-state index >= 15 is 0 Å². The van der Waals surface area contributed by atoms with E-state index in [0.717, 1.165) is 24.9 Å². The Hall–Kier alpha value is -0.610. The van der Waals surface area contributed by atoms with Crippen molar-refractivity contribution in [1.82, 2.24) is 5.32 Å². The highest BCUT2D eigenvalue weighted by Crippen LogP contribution is 2.15. The van der Waals surface area contributed by atoms with E-state index in [-0.39, 0.29) is 6.61 Å². The predicted octanol–water partition coefficient (Wildman–Crippen LogP) is 1.74. The summed E-state index contributed by atoms with van der Waals surface area (Å²) in [6.07, 6.45) is 1.21. The third kappa shape index (κ3) is 4.94. The maximum Gasteiger partial charge on any atom is 0.0914 e. The summed E-state index contributed by atoms with van der Waals surface area (Å²) < 4.78 is 0. The van der Waals surface area contributed by atoms with Crippen molar-refractivity contribution >= 4 is 11.6 Å². The van der Waals surface area contributed by atoms with Gasteiger partial charge in [-0.15, -0.1) is 0 Å². The smallest absolute Gasteiger partial charge is 0.0914 e. The molecule has 3 nitrogen and oxygen atoms in total. The molecule has 0 amide bonds. The van der Waals surface area contributed by atoms with Crippen LogP contribution < -0.4 is 5.32 Å². The number of benzene rings is 1. The Balaban J connectivity index is 2.24. The van der Waals surface area contributed by atoms with Crippen LogP contribution >= 0.6 is 11.6 Å². The van der Waals surface area contributed by atoms with Crippen LogP contribution in [0.1, 0.15) is 24.5 Å². The predicted molar refractivity (Wildman–Crippen MR) is 65.6 cm³/mol. The molecule has 0 aromatic heterocycles. The zero-order valence-electron chi connectivity index (χ0n) is 9.19. The Morgan fingerprint density at radius 3 is 2.50 bits per heavy atom. The van der Waals surface area contributed by atoms with Crippen LogP contribution in [0.2, 0.25) is 5.02 Å². The highest BCUT2D eigenvalue weighted by atomic mass is 35.5. The molecule has 1 rings (SSSR count). The summed E-state index contributed by atoms with van der Waals surface area (Å²) in [7, 11) is 0.